The van der Waals surface area contributed by atoms with Gasteiger partial charge in [-0.2, -0.15) is 0 Å². The molecule has 0 aliphatic heterocycles. The maximum absolute atomic E-state index is 5.45. The summed E-state index contributed by atoms with van der Waals surface area (Å²) in [6.45, 7) is 8.71. The van der Waals surface area contributed by atoms with E-state index in [9.17, 15) is 0 Å². The fraction of sp³-hybridized carbons (Fsp3) is 0.778. The molecule has 0 saturated carbocycles. The molecule has 1 heteroatoms. The zero-order valence-corrected chi connectivity index (χ0v) is 7.10. The first kappa shape index (κ1) is 9.70. The van der Waals surface area contributed by atoms with Crippen molar-refractivity contribution >= 4 is 0 Å². The molecule has 1 atom stereocenters. The van der Waals surface area contributed by atoms with E-state index in [1.54, 1.807) is 0 Å². The summed E-state index contributed by atoms with van der Waals surface area (Å²) in [5.74, 6) is 0. The van der Waals surface area contributed by atoms with Crippen LogP contribution >= 0.6 is 0 Å². The quantitative estimate of drug-likeness (QED) is 0.518. The van der Waals surface area contributed by atoms with E-state index in [0.29, 0.717) is 6.10 Å². The first-order chi connectivity index (χ1) is 4.85. The fourth-order valence-electron chi connectivity index (χ4n) is 1.01. The molecule has 60 valence electrons. The maximum Gasteiger partial charge on any atom is 0.0609 e. The highest BCUT2D eigenvalue weighted by Gasteiger charge is 2.02. The highest BCUT2D eigenvalue weighted by molar-refractivity contribution is 4.72. The van der Waals surface area contributed by atoms with Crippen LogP contribution in [0.25, 0.3) is 0 Å². The lowest BCUT2D eigenvalue weighted by atomic mass is 10.1. The molecule has 0 rings (SSSR count). The first-order valence-corrected chi connectivity index (χ1v) is 4.07. The zero-order valence-electron chi connectivity index (χ0n) is 7.10. The molecular weight excluding hydrogens is 124 g/mol. The van der Waals surface area contributed by atoms with Gasteiger partial charge < -0.3 is 4.74 Å². The van der Waals surface area contributed by atoms with E-state index in [4.69, 9.17) is 4.74 Å². The molecule has 0 aliphatic carbocycles. The molecule has 0 spiro atoms. The smallest absolute Gasteiger partial charge is 0.0609 e. The Balaban J connectivity index is 3.38. The van der Waals surface area contributed by atoms with Gasteiger partial charge in [0.2, 0.25) is 0 Å². The van der Waals surface area contributed by atoms with Crippen molar-refractivity contribution in [2.45, 2.75) is 39.2 Å². The van der Waals surface area contributed by atoms with Crippen molar-refractivity contribution < 1.29 is 4.74 Å². The second-order valence-electron chi connectivity index (χ2n) is 2.39. The molecule has 0 fully saturated rings. The molecule has 0 aromatic rings. The summed E-state index contributed by atoms with van der Waals surface area (Å²) in [6, 6.07) is 0. The third-order valence-corrected chi connectivity index (χ3v) is 1.44. The monoisotopic (exact) mass is 142 g/mol. The van der Waals surface area contributed by atoms with E-state index in [1.807, 2.05) is 13.0 Å². The van der Waals surface area contributed by atoms with E-state index in [-0.39, 0.29) is 0 Å². The van der Waals surface area contributed by atoms with Crippen molar-refractivity contribution in [3.63, 3.8) is 0 Å². The van der Waals surface area contributed by atoms with Crippen LogP contribution in [0.4, 0.5) is 0 Å². The van der Waals surface area contributed by atoms with Gasteiger partial charge in [-0.05, 0) is 19.8 Å². The van der Waals surface area contributed by atoms with Gasteiger partial charge in [-0.1, -0.05) is 19.4 Å². The van der Waals surface area contributed by atoms with E-state index < -0.39 is 0 Å². The average Bonchev–Trinajstić information content (AvgIpc) is 1.90. The normalized spacial score (nSPS) is 13.0. The summed E-state index contributed by atoms with van der Waals surface area (Å²) >= 11 is 0. The Kier molecular flexibility index (Phi) is 6.61. The van der Waals surface area contributed by atoms with Gasteiger partial charge in [0.1, 0.15) is 0 Å². The van der Waals surface area contributed by atoms with Gasteiger partial charge in [0.25, 0.3) is 0 Å². The fourth-order valence-corrected chi connectivity index (χ4v) is 1.01. The molecule has 0 N–H and O–H groups in total. The molecule has 0 aliphatic rings. The van der Waals surface area contributed by atoms with Crippen LogP contribution in [0.1, 0.15) is 33.1 Å². The van der Waals surface area contributed by atoms with Crippen molar-refractivity contribution in [1.29, 1.82) is 0 Å². The summed E-state index contributed by atoms with van der Waals surface area (Å²) < 4.78 is 5.45. The molecule has 0 aromatic heterocycles. The van der Waals surface area contributed by atoms with Crippen LogP contribution in [-0.4, -0.2) is 12.7 Å². The Morgan fingerprint density at radius 2 is 2.20 bits per heavy atom. The van der Waals surface area contributed by atoms with Gasteiger partial charge in [0.05, 0.1) is 6.10 Å². The first-order valence-electron chi connectivity index (χ1n) is 4.07. The third kappa shape index (κ3) is 4.57. The molecule has 0 amide bonds. The predicted molar refractivity (Wildman–Crippen MR) is 45.1 cm³/mol. The van der Waals surface area contributed by atoms with Gasteiger partial charge in [0, 0.05) is 6.61 Å². The van der Waals surface area contributed by atoms with Gasteiger partial charge in [-0.15, -0.1) is 6.58 Å². The lowest BCUT2D eigenvalue weighted by Gasteiger charge is -2.12. The van der Waals surface area contributed by atoms with E-state index in [2.05, 4.69) is 13.5 Å². The summed E-state index contributed by atoms with van der Waals surface area (Å²) in [4.78, 5) is 0. The van der Waals surface area contributed by atoms with Crippen LogP contribution in [-0.2, 0) is 4.74 Å². The highest BCUT2D eigenvalue weighted by Crippen LogP contribution is 2.06. The topological polar surface area (TPSA) is 9.23 Å². The van der Waals surface area contributed by atoms with Crippen molar-refractivity contribution in [1.82, 2.24) is 0 Å². The summed E-state index contributed by atoms with van der Waals surface area (Å²) in [5, 5.41) is 0. The Labute approximate surface area is 64.1 Å². The van der Waals surface area contributed by atoms with Crippen molar-refractivity contribution in [2.24, 2.45) is 0 Å². The minimum Gasteiger partial charge on any atom is -0.378 e. The van der Waals surface area contributed by atoms with Crippen LogP contribution in [0.3, 0.4) is 0 Å². The van der Waals surface area contributed by atoms with Gasteiger partial charge >= 0.3 is 0 Å². The van der Waals surface area contributed by atoms with Crippen molar-refractivity contribution in [2.75, 3.05) is 6.61 Å². The average molecular weight is 142 g/mol. The summed E-state index contributed by atoms with van der Waals surface area (Å²) in [7, 11) is 0. The minimum atomic E-state index is 0.410. The van der Waals surface area contributed by atoms with Gasteiger partial charge in [-0.25, -0.2) is 0 Å². The van der Waals surface area contributed by atoms with Crippen molar-refractivity contribution in [3.8, 4) is 0 Å². The molecule has 0 bridgehead atoms. The minimum absolute atomic E-state index is 0.410. The third-order valence-electron chi connectivity index (χ3n) is 1.44. The Morgan fingerprint density at radius 3 is 2.60 bits per heavy atom. The van der Waals surface area contributed by atoms with Crippen LogP contribution in [0.2, 0.25) is 0 Å². The van der Waals surface area contributed by atoms with Crippen LogP contribution in [0.15, 0.2) is 12.7 Å². The van der Waals surface area contributed by atoms with Gasteiger partial charge in [-0.3, -0.25) is 0 Å². The second-order valence-corrected chi connectivity index (χ2v) is 2.39. The Hall–Kier alpha value is -0.300. The molecule has 0 aromatic carbocycles. The number of ether oxygens (including phenoxy) is 1. The number of hydrogen-bond donors (Lipinski definition) is 0. The molecule has 0 saturated heterocycles. The van der Waals surface area contributed by atoms with Crippen LogP contribution in [0.5, 0.6) is 0 Å². The van der Waals surface area contributed by atoms with Gasteiger partial charge in [0.15, 0.2) is 0 Å². The second kappa shape index (κ2) is 6.81. The Bertz CT molecular complexity index is 72.8. The predicted octanol–water partition coefficient (Wildman–Crippen LogP) is 2.77. The molecular formula is C9H18O. The number of hydrogen-bond acceptors (Lipinski definition) is 1. The SMILES string of the molecule is C=CCC(CCC)OCC. The number of rotatable bonds is 6. The molecule has 0 heterocycles. The summed E-state index contributed by atoms with van der Waals surface area (Å²) in [5.41, 5.74) is 0. The molecule has 10 heavy (non-hydrogen) atoms. The summed E-state index contributed by atoms with van der Waals surface area (Å²) in [6.07, 6.45) is 5.67. The largest absolute Gasteiger partial charge is 0.378 e. The molecule has 1 nitrogen and oxygen atoms in total. The maximum atomic E-state index is 5.45. The lowest BCUT2D eigenvalue weighted by molar-refractivity contribution is 0.0586. The van der Waals surface area contributed by atoms with Crippen LogP contribution < -0.4 is 0 Å². The van der Waals surface area contributed by atoms with Crippen molar-refractivity contribution in [3.05, 3.63) is 12.7 Å². The van der Waals surface area contributed by atoms with E-state index in [1.165, 1.54) is 6.42 Å². The zero-order chi connectivity index (χ0) is 7.82. The Morgan fingerprint density at radius 1 is 1.50 bits per heavy atom. The van der Waals surface area contributed by atoms with E-state index >= 15 is 0 Å². The molecule has 0 radical (unpaired) electrons. The van der Waals surface area contributed by atoms with E-state index in [0.717, 1.165) is 19.4 Å². The molecule has 1 unspecified atom stereocenters. The highest BCUT2D eigenvalue weighted by atomic mass is 16.5. The van der Waals surface area contributed by atoms with Crippen LogP contribution in [0, 0.1) is 0 Å². The lowest BCUT2D eigenvalue weighted by Crippen LogP contribution is -2.10. The standard InChI is InChI=1S/C9H18O/c1-4-7-9(8-5-2)10-6-3/h4,9H,1,5-8H2,2-3H3.